The predicted molar refractivity (Wildman–Crippen MR) is 118 cm³/mol. The second-order valence-electron chi connectivity index (χ2n) is 8.97. The molecule has 0 bridgehead atoms. The first-order chi connectivity index (χ1) is 14.3. The summed E-state index contributed by atoms with van der Waals surface area (Å²) in [7, 11) is 0. The molecule has 1 aromatic carbocycles. The van der Waals surface area contributed by atoms with Crippen molar-refractivity contribution in [2.24, 2.45) is 5.92 Å². The molecule has 1 aromatic heterocycles. The van der Waals surface area contributed by atoms with E-state index in [1.165, 1.54) is 23.4 Å². The predicted octanol–water partition coefficient (Wildman–Crippen LogP) is 4.01. The lowest BCUT2D eigenvalue weighted by Gasteiger charge is -2.32. The van der Waals surface area contributed by atoms with E-state index >= 15 is 0 Å². The number of likely N-dealkylation sites (tertiary alicyclic amines) is 1. The van der Waals surface area contributed by atoms with Crippen LogP contribution in [0.15, 0.2) is 24.3 Å². The number of hydrogen-bond donors (Lipinski definition) is 1. The maximum atomic E-state index is 13.0. The van der Waals surface area contributed by atoms with Crippen molar-refractivity contribution in [2.45, 2.75) is 72.5 Å². The van der Waals surface area contributed by atoms with E-state index < -0.39 is 0 Å². The van der Waals surface area contributed by atoms with Crippen molar-refractivity contribution in [3.63, 3.8) is 0 Å². The lowest BCUT2D eigenvalue weighted by Crippen LogP contribution is -2.44. The van der Waals surface area contributed by atoms with Gasteiger partial charge in [0.05, 0.1) is 5.69 Å². The molecule has 1 aliphatic rings. The number of aromatic nitrogens is 2. The molecule has 0 saturated carbocycles. The monoisotopic (exact) mass is 414 g/mol. The zero-order valence-electron chi connectivity index (χ0n) is 18.7. The minimum Gasteiger partial charge on any atom is -0.353 e. The van der Waals surface area contributed by atoms with Gasteiger partial charge in [0.15, 0.2) is 0 Å². The molecule has 1 aliphatic heterocycles. The number of piperidine rings is 1. The summed E-state index contributed by atoms with van der Waals surface area (Å²) in [4.78, 5) is 14.9. The largest absolute Gasteiger partial charge is 0.353 e. The van der Waals surface area contributed by atoms with Crippen LogP contribution in [0.5, 0.6) is 0 Å². The van der Waals surface area contributed by atoms with Gasteiger partial charge in [0.25, 0.3) is 0 Å². The number of hydrogen-bond acceptors (Lipinski definition) is 3. The third-order valence-corrected chi connectivity index (χ3v) is 5.94. The van der Waals surface area contributed by atoms with Crippen molar-refractivity contribution in [3.05, 3.63) is 52.6 Å². The van der Waals surface area contributed by atoms with E-state index in [0.717, 1.165) is 56.7 Å². The van der Waals surface area contributed by atoms with Gasteiger partial charge in [-0.1, -0.05) is 26.0 Å². The average molecular weight is 415 g/mol. The van der Waals surface area contributed by atoms with E-state index in [1.54, 1.807) is 0 Å². The normalized spacial score (nSPS) is 15.7. The fraction of sp³-hybridized carbons (Fsp3) is 0.583. The average Bonchev–Trinajstić information content (AvgIpc) is 2.96. The highest BCUT2D eigenvalue weighted by atomic mass is 19.1. The molecule has 0 atom stereocenters. The highest BCUT2D eigenvalue weighted by Gasteiger charge is 2.21. The molecule has 0 radical (unpaired) electrons. The first kappa shape index (κ1) is 22.5. The Morgan fingerprint density at radius 3 is 2.50 bits per heavy atom. The van der Waals surface area contributed by atoms with E-state index in [0.29, 0.717) is 12.3 Å². The fourth-order valence-corrected chi connectivity index (χ4v) is 4.24. The minimum atomic E-state index is -0.196. The number of nitrogens with zero attached hydrogens (tertiary/aromatic N) is 3. The first-order valence-corrected chi connectivity index (χ1v) is 11.1. The van der Waals surface area contributed by atoms with E-state index in [1.807, 2.05) is 19.1 Å². The van der Waals surface area contributed by atoms with Crippen molar-refractivity contribution in [3.8, 4) is 0 Å². The summed E-state index contributed by atoms with van der Waals surface area (Å²) in [5, 5.41) is 7.87. The molecule has 0 unspecified atom stereocenters. The van der Waals surface area contributed by atoms with Gasteiger partial charge in [-0.05, 0) is 62.3 Å². The zero-order valence-corrected chi connectivity index (χ0v) is 18.7. The third-order valence-electron chi connectivity index (χ3n) is 5.94. The fourth-order valence-electron chi connectivity index (χ4n) is 4.24. The lowest BCUT2D eigenvalue weighted by atomic mass is 10.0. The molecule has 164 valence electrons. The van der Waals surface area contributed by atoms with Crippen molar-refractivity contribution in [1.29, 1.82) is 0 Å². The molecule has 0 aliphatic carbocycles. The Morgan fingerprint density at radius 2 is 1.87 bits per heavy atom. The molecule has 2 heterocycles. The number of benzene rings is 1. The van der Waals surface area contributed by atoms with Crippen LogP contribution in [0.2, 0.25) is 0 Å². The molecule has 2 aromatic rings. The van der Waals surface area contributed by atoms with E-state index in [2.05, 4.69) is 40.8 Å². The van der Waals surface area contributed by atoms with Crippen molar-refractivity contribution in [2.75, 3.05) is 13.1 Å². The van der Waals surface area contributed by atoms with Crippen LogP contribution in [-0.4, -0.2) is 39.7 Å². The molecule has 1 saturated heterocycles. The molecule has 1 amide bonds. The number of carbonyl (C=O) groups is 1. The second-order valence-corrected chi connectivity index (χ2v) is 8.97. The molecule has 6 heteroatoms. The Morgan fingerprint density at radius 1 is 1.20 bits per heavy atom. The van der Waals surface area contributed by atoms with E-state index in [4.69, 9.17) is 0 Å². The van der Waals surface area contributed by atoms with Gasteiger partial charge in [-0.25, -0.2) is 4.39 Å². The van der Waals surface area contributed by atoms with Crippen LogP contribution < -0.4 is 5.32 Å². The molecule has 30 heavy (non-hydrogen) atoms. The van der Waals surface area contributed by atoms with Crippen LogP contribution in [0.25, 0.3) is 0 Å². The number of amides is 1. The molecular formula is C24H35FN4O. The Kier molecular flexibility index (Phi) is 7.64. The van der Waals surface area contributed by atoms with E-state index in [-0.39, 0.29) is 17.8 Å². The van der Waals surface area contributed by atoms with E-state index in [9.17, 15) is 9.18 Å². The van der Waals surface area contributed by atoms with Crippen LogP contribution >= 0.6 is 0 Å². The third kappa shape index (κ3) is 6.14. The van der Waals surface area contributed by atoms with Gasteiger partial charge in [0.1, 0.15) is 5.82 Å². The van der Waals surface area contributed by atoms with Crippen molar-refractivity contribution < 1.29 is 9.18 Å². The van der Waals surface area contributed by atoms with Crippen LogP contribution in [0.1, 0.15) is 55.6 Å². The maximum Gasteiger partial charge on any atom is 0.220 e. The summed E-state index contributed by atoms with van der Waals surface area (Å²) >= 11 is 0. The molecule has 1 fully saturated rings. The van der Waals surface area contributed by atoms with Gasteiger partial charge in [0.2, 0.25) is 5.91 Å². The van der Waals surface area contributed by atoms with Crippen LogP contribution in [0.3, 0.4) is 0 Å². The van der Waals surface area contributed by atoms with Gasteiger partial charge in [0, 0.05) is 44.3 Å². The van der Waals surface area contributed by atoms with Gasteiger partial charge in [-0.3, -0.25) is 14.4 Å². The van der Waals surface area contributed by atoms with Gasteiger partial charge in [-0.15, -0.1) is 0 Å². The summed E-state index contributed by atoms with van der Waals surface area (Å²) < 4.78 is 15.1. The SMILES string of the molecule is Cc1nn(CC(C)C)c(C)c1CCC(=O)NC1CCN(Cc2ccc(F)cc2)CC1. The number of carbonyl (C=O) groups excluding carboxylic acids is 1. The zero-order chi connectivity index (χ0) is 21.7. The van der Waals surface area contributed by atoms with Gasteiger partial charge in [-0.2, -0.15) is 5.10 Å². The lowest BCUT2D eigenvalue weighted by molar-refractivity contribution is -0.122. The van der Waals surface area contributed by atoms with Crippen molar-refractivity contribution >= 4 is 5.91 Å². The number of aryl methyl sites for hydroxylation is 1. The first-order valence-electron chi connectivity index (χ1n) is 11.1. The molecule has 3 rings (SSSR count). The summed E-state index contributed by atoms with van der Waals surface area (Å²) in [5.74, 6) is 0.480. The second kappa shape index (κ2) is 10.2. The van der Waals surface area contributed by atoms with Gasteiger partial charge >= 0.3 is 0 Å². The number of halogens is 1. The Labute approximate surface area is 179 Å². The number of nitrogens with one attached hydrogen (secondary N) is 1. The number of rotatable bonds is 8. The molecule has 5 nitrogen and oxygen atoms in total. The minimum absolute atomic E-state index is 0.127. The van der Waals surface area contributed by atoms with Crippen LogP contribution in [0.4, 0.5) is 4.39 Å². The summed E-state index contributed by atoms with van der Waals surface area (Å²) in [6.45, 7) is 12.2. The Hall–Kier alpha value is -2.21. The quantitative estimate of drug-likeness (QED) is 0.710. The molecule has 0 spiro atoms. The summed E-state index contributed by atoms with van der Waals surface area (Å²) in [6, 6.07) is 6.96. The maximum absolute atomic E-state index is 13.0. The standard InChI is InChI=1S/C24H35FN4O/c1-17(2)15-29-19(4)23(18(3)27-29)9-10-24(30)26-22-11-13-28(14-12-22)16-20-5-7-21(25)8-6-20/h5-8,17,22H,9-16H2,1-4H3,(H,26,30). The molecule has 1 N–H and O–H groups in total. The van der Waals surface area contributed by atoms with Crippen LogP contribution in [0, 0.1) is 25.6 Å². The highest BCUT2D eigenvalue weighted by molar-refractivity contribution is 5.76. The van der Waals surface area contributed by atoms with Crippen LogP contribution in [-0.2, 0) is 24.3 Å². The molecular weight excluding hydrogens is 379 g/mol. The van der Waals surface area contributed by atoms with Crippen molar-refractivity contribution in [1.82, 2.24) is 20.0 Å². The Bertz CT molecular complexity index is 836. The van der Waals surface area contributed by atoms with Gasteiger partial charge < -0.3 is 5.32 Å². The highest BCUT2D eigenvalue weighted by Crippen LogP contribution is 2.18. The smallest absolute Gasteiger partial charge is 0.220 e. The summed E-state index contributed by atoms with van der Waals surface area (Å²) in [6.07, 6.45) is 3.16. The Balaban J connectivity index is 1.42. The summed E-state index contributed by atoms with van der Waals surface area (Å²) in [5.41, 5.74) is 4.56. The topological polar surface area (TPSA) is 50.2 Å².